The Morgan fingerprint density at radius 1 is 0.870 bits per heavy atom. The standard InChI is InChI=1S/C19H18N4/c1-22(18-12-11-14-7-3-4-8-15(14)20-18)13-19-21-16-9-5-6-10-17(16)23(19)2/h3-12H,13H2,1-2H3. The molecule has 114 valence electrons. The van der Waals surface area contributed by atoms with Crippen LogP contribution in [0.15, 0.2) is 60.7 Å². The minimum Gasteiger partial charge on any atom is -0.352 e. The fraction of sp³-hybridized carbons (Fsp3) is 0.158. The molecule has 0 saturated heterocycles. The maximum atomic E-state index is 4.74. The van der Waals surface area contributed by atoms with E-state index in [1.165, 1.54) is 0 Å². The summed E-state index contributed by atoms with van der Waals surface area (Å²) in [5.41, 5.74) is 3.20. The molecule has 0 amide bonds. The molecule has 2 aromatic heterocycles. The number of hydrogen-bond acceptors (Lipinski definition) is 3. The van der Waals surface area contributed by atoms with Crippen molar-refractivity contribution in [3.8, 4) is 0 Å². The summed E-state index contributed by atoms with van der Waals surface area (Å²) in [6, 6.07) is 20.6. The first-order valence-electron chi connectivity index (χ1n) is 7.69. The van der Waals surface area contributed by atoms with E-state index in [-0.39, 0.29) is 0 Å². The van der Waals surface area contributed by atoms with Gasteiger partial charge >= 0.3 is 0 Å². The van der Waals surface area contributed by atoms with Crippen molar-refractivity contribution in [3.05, 3.63) is 66.5 Å². The van der Waals surface area contributed by atoms with E-state index in [1.807, 2.05) is 36.4 Å². The maximum Gasteiger partial charge on any atom is 0.129 e. The van der Waals surface area contributed by atoms with Crippen LogP contribution in [0, 0.1) is 0 Å². The highest BCUT2D eigenvalue weighted by atomic mass is 15.2. The van der Waals surface area contributed by atoms with Crippen LogP contribution in [0.2, 0.25) is 0 Å². The highest BCUT2D eigenvalue weighted by Gasteiger charge is 2.11. The minimum atomic E-state index is 0.719. The van der Waals surface area contributed by atoms with Crippen molar-refractivity contribution in [2.24, 2.45) is 7.05 Å². The summed E-state index contributed by atoms with van der Waals surface area (Å²) in [6.45, 7) is 0.719. The van der Waals surface area contributed by atoms with Gasteiger partial charge in [-0.3, -0.25) is 0 Å². The van der Waals surface area contributed by atoms with Gasteiger partial charge in [-0.2, -0.15) is 0 Å². The number of pyridine rings is 1. The summed E-state index contributed by atoms with van der Waals surface area (Å²) in [4.78, 5) is 11.6. The lowest BCUT2D eigenvalue weighted by Gasteiger charge is -2.18. The number of aryl methyl sites for hydroxylation is 1. The molecule has 0 unspecified atom stereocenters. The summed E-state index contributed by atoms with van der Waals surface area (Å²) in [7, 11) is 4.11. The maximum absolute atomic E-state index is 4.74. The van der Waals surface area contributed by atoms with E-state index >= 15 is 0 Å². The predicted molar refractivity (Wildman–Crippen MR) is 94.6 cm³/mol. The smallest absolute Gasteiger partial charge is 0.129 e. The second-order valence-corrected chi connectivity index (χ2v) is 5.79. The normalized spacial score (nSPS) is 11.2. The molecule has 0 N–H and O–H groups in total. The lowest BCUT2D eigenvalue weighted by Crippen LogP contribution is -2.20. The highest BCUT2D eigenvalue weighted by molar-refractivity contribution is 5.80. The fourth-order valence-corrected chi connectivity index (χ4v) is 2.90. The van der Waals surface area contributed by atoms with E-state index in [2.05, 4.69) is 47.8 Å². The molecule has 4 rings (SSSR count). The molecule has 0 saturated carbocycles. The number of aromatic nitrogens is 3. The Balaban J connectivity index is 1.67. The summed E-state index contributed by atoms with van der Waals surface area (Å²) in [6.07, 6.45) is 0. The number of hydrogen-bond donors (Lipinski definition) is 0. The van der Waals surface area contributed by atoms with Crippen LogP contribution in [0.1, 0.15) is 5.82 Å². The first-order valence-corrected chi connectivity index (χ1v) is 7.69. The number of imidazole rings is 1. The van der Waals surface area contributed by atoms with Gasteiger partial charge < -0.3 is 9.47 Å². The van der Waals surface area contributed by atoms with Gasteiger partial charge in [0.15, 0.2) is 0 Å². The molecule has 0 aliphatic rings. The number of anilines is 1. The van der Waals surface area contributed by atoms with Crippen molar-refractivity contribution < 1.29 is 0 Å². The lowest BCUT2D eigenvalue weighted by molar-refractivity contribution is 0.770. The lowest BCUT2D eigenvalue weighted by atomic mass is 10.2. The number of benzene rings is 2. The Kier molecular flexibility index (Phi) is 3.23. The third kappa shape index (κ3) is 2.42. The largest absolute Gasteiger partial charge is 0.352 e. The third-order valence-corrected chi connectivity index (χ3v) is 4.23. The molecule has 0 aliphatic heterocycles. The molecule has 2 heterocycles. The van der Waals surface area contributed by atoms with Crippen LogP contribution >= 0.6 is 0 Å². The molecule has 0 radical (unpaired) electrons. The zero-order chi connectivity index (χ0) is 15.8. The molecule has 23 heavy (non-hydrogen) atoms. The molecule has 4 nitrogen and oxygen atoms in total. The van der Waals surface area contributed by atoms with Gasteiger partial charge in [-0.1, -0.05) is 30.3 Å². The SMILES string of the molecule is CN(Cc1nc2ccccc2n1C)c1ccc2ccccc2n1. The molecule has 0 bridgehead atoms. The van der Waals surface area contributed by atoms with E-state index in [1.54, 1.807) is 0 Å². The van der Waals surface area contributed by atoms with Gasteiger partial charge in [0, 0.05) is 19.5 Å². The quantitative estimate of drug-likeness (QED) is 0.578. The molecular formula is C19H18N4. The van der Waals surface area contributed by atoms with E-state index in [4.69, 9.17) is 9.97 Å². The van der Waals surface area contributed by atoms with Crippen molar-refractivity contribution in [1.82, 2.24) is 14.5 Å². The molecule has 4 heteroatoms. The number of rotatable bonds is 3. The Morgan fingerprint density at radius 2 is 1.61 bits per heavy atom. The highest BCUT2D eigenvalue weighted by Crippen LogP contribution is 2.20. The Labute approximate surface area is 135 Å². The van der Waals surface area contributed by atoms with Crippen LogP contribution in [-0.2, 0) is 13.6 Å². The van der Waals surface area contributed by atoms with Crippen LogP contribution in [0.4, 0.5) is 5.82 Å². The van der Waals surface area contributed by atoms with Gasteiger partial charge in [-0.15, -0.1) is 0 Å². The van der Waals surface area contributed by atoms with Crippen molar-refractivity contribution >= 4 is 27.8 Å². The van der Waals surface area contributed by atoms with E-state index in [0.717, 1.165) is 40.1 Å². The van der Waals surface area contributed by atoms with E-state index < -0.39 is 0 Å². The van der Waals surface area contributed by atoms with Gasteiger partial charge in [0.25, 0.3) is 0 Å². The van der Waals surface area contributed by atoms with Gasteiger partial charge in [-0.05, 0) is 30.3 Å². The summed E-state index contributed by atoms with van der Waals surface area (Å²) >= 11 is 0. The van der Waals surface area contributed by atoms with Gasteiger partial charge in [-0.25, -0.2) is 9.97 Å². The Bertz CT molecular complexity index is 987. The van der Waals surface area contributed by atoms with Gasteiger partial charge in [0.1, 0.15) is 11.6 Å². The monoisotopic (exact) mass is 302 g/mol. The number of fused-ring (bicyclic) bond motifs is 2. The van der Waals surface area contributed by atoms with Crippen LogP contribution < -0.4 is 4.90 Å². The van der Waals surface area contributed by atoms with Crippen LogP contribution in [-0.4, -0.2) is 21.6 Å². The third-order valence-electron chi connectivity index (χ3n) is 4.23. The second kappa shape index (κ2) is 5.39. The second-order valence-electron chi connectivity index (χ2n) is 5.79. The summed E-state index contributed by atoms with van der Waals surface area (Å²) < 4.78 is 2.15. The van der Waals surface area contributed by atoms with Crippen LogP contribution in [0.5, 0.6) is 0 Å². The summed E-state index contributed by atoms with van der Waals surface area (Å²) in [5.74, 6) is 1.99. The minimum absolute atomic E-state index is 0.719. The molecule has 0 spiro atoms. The molecular weight excluding hydrogens is 284 g/mol. The van der Waals surface area contributed by atoms with Gasteiger partial charge in [0.05, 0.1) is 23.1 Å². The van der Waals surface area contributed by atoms with Crippen LogP contribution in [0.25, 0.3) is 21.9 Å². The van der Waals surface area contributed by atoms with Crippen molar-refractivity contribution in [1.29, 1.82) is 0 Å². The molecule has 4 aromatic rings. The average Bonchev–Trinajstić information content (AvgIpc) is 2.91. The van der Waals surface area contributed by atoms with Gasteiger partial charge in [0.2, 0.25) is 0 Å². The van der Waals surface area contributed by atoms with E-state index in [0.29, 0.717) is 0 Å². The molecule has 0 aliphatic carbocycles. The zero-order valence-electron chi connectivity index (χ0n) is 13.3. The number of nitrogens with zero attached hydrogens (tertiary/aromatic N) is 4. The molecule has 0 fully saturated rings. The average molecular weight is 302 g/mol. The van der Waals surface area contributed by atoms with Crippen molar-refractivity contribution in [3.63, 3.8) is 0 Å². The number of para-hydroxylation sites is 3. The molecule has 2 aromatic carbocycles. The summed E-state index contributed by atoms with van der Waals surface area (Å²) in [5, 5.41) is 1.16. The Hall–Kier alpha value is -2.88. The van der Waals surface area contributed by atoms with Crippen molar-refractivity contribution in [2.45, 2.75) is 6.54 Å². The van der Waals surface area contributed by atoms with Crippen molar-refractivity contribution in [2.75, 3.05) is 11.9 Å². The van der Waals surface area contributed by atoms with Crippen LogP contribution in [0.3, 0.4) is 0 Å². The molecule has 0 atom stereocenters. The fourth-order valence-electron chi connectivity index (χ4n) is 2.90. The zero-order valence-corrected chi connectivity index (χ0v) is 13.3. The predicted octanol–water partition coefficient (Wildman–Crippen LogP) is 3.76. The first kappa shape index (κ1) is 13.8. The Morgan fingerprint density at radius 3 is 2.43 bits per heavy atom. The first-order chi connectivity index (χ1) is 11.2. The van der Waals surface area contributed by atoms with E-state index in [9.17, 15) is 0 Å². The topological polar surface area (TPSA) is 34.0 Å².